The van der Waals surface area contributed by atoms with E-state index >= 15 is 0 Å². The van der Waals surface area contributed by atoms with Crippen LogP contribution >= 0.6 is 23.4 Å². The highest BCUT2D eigenvalue weighted by molar-refractivity contribution is 7.99. The Morgan fingerprint density at radius 3 is 2.83 bits per heavy atom. The molecule has 1 amide bonds. The lowest BCUT2D eigenvalue weighted by atomic mass is 10.2. The number of anilines is 1. The van der Waals surface area contributed by atoms with Crippen LogP contribution in [0.25, 0.3) is 11.0 Å². The van der Waals surface area contributed by atoms with E-state index < -0.39 is 11.7 Å². The van der Waals surface area contributed by atoms with Crippen molar-refractivity contribution in [3.63, 3.8) is 0 Å². The van der Waals surface area contributed by atoms with Crippen LogP contribution in [0.2, 0.25) is 5.02 Å². The minimum atomic E-state index is -0.653. The number of nitrogens with one attached hydrogen (secondary N) is 2. The average molecular weight is 451 g/mol. The summed E-state index contributed by atoms with van der Waals surface area (Å²) in [5.41, 5.74) is 0.527. The van der Waals surface area contributed by atoms with Gasteiger partial charge >= 0.3 is 0 Å². The number of hydrogen-bond acceptors (Lipinski definition) is 6. The van der Waals surface area contributed by atoms with E-state index in [1.54, 1.807) is 22.6 Å². The zero-order chi connectivity index (χ0) is 21.7. The minimum absolute atomic E-state index is 0.0758. The van der Waals surface area contributed by atoms with Crippen LogP contribution in [0.5, 0.6) is 0 Å². The molecular formula is C20H24ClFN6OS. The molecule has 0 atom stereocenters. The molecule has 0 aliphatic carbocycles. The van der Waals surface area contributed by atoms with Crippen LogP contribution < -0.4 is 10.6 Å². The lowest BCUT2D eigenvalue weighted by Gasteiger charge is -2.11. The smallest absolute Gasteiger partial charge is 0.255 e. The fraction of sp³-hybridized carbons (Fsp3) is 0.400. The molecule has 0 unspecified atom stereocenters. The van der Waals surface area contributed by atoms with Gasteiger partial charge in [-0.25, -0.2) is 19.0 Å². The SMILES string of the molecule is CCSc1nc(NCC(C)C)c2cnn(CCNC(=O)c3c(F)cccc3Cl)c2n1. The second kappa shape index (κ2) is 10.1. The largest absolute Gasteiger partial charge is 0.369 e. The standard InChI is InChI=1S/C20H24ClFN6OS/c1-4-30-20-26-17(24-10-12(2)3)13-11-25-28(18(13)27-20)9-8-23-19(29)16-14(21)6-5-7-15(16)22/h5-7,11-12H,4,8-10H2,1-3H3,(H,23,29)(H,24,26,27). The van der Waals surface area contributed by atoms with E-state index in [-0.39, 0.29) is 17.1 Å². The summed E-state index contributed by atoms with van der Waals surface area (Å²) in [5.74, 6) is 0.846. The maximum atomic E-state index is 13.9. The first-order valence-electron chi connectivity index (χ1n) is 9.73. The molecular weight excluding hydrogens is 427 g/mol. The molecule has 0 spiro atoms. The van der Waals surface area contributed by atoms with Gasteiger partial charge in [0.15, 0.2) is 10.8 Å². The quantitative estimate of drug-likeness (QED) is 0.375. The number of amides is 1. The molecule has 1 aromatic carbocycles. The average Bonchev–Trinajstić information content (AvgIpc) is 3.09. The van der Waals surface area contributed by atoms with Gasteiger partial charge in [0.2, 0.25) is 0 Å². The molecule has 0 aliphatic rings. The van der Waals surface area contributed by atoms with Crippen LogP contribution in [-0.4, -0.2) is 44.5 Å². The van der Waals surface area contributed by atoms with Crippen molar-refractivity contribution in [1.82, 2.24) is 25.1 Å². The summed E-state index contributed by atoms with van der Waals surface area (Å²) in [6.45, 7) is 7.70. The zero-order valence-electron chi connectivity index (χ0n) is 17.1. The summed E-state index contributed by atoms with van der Waals surface area (Å²) in [4.78, 5) is 21.5. The number of carbonyl (C=O) groups excluding carboxylic acids is 1. The van der Waals surface area contributed by atoms with Gasteiger partial charge in [-0.05, 0) is 23.8 Å². The third-order valence-electron chi connectivity index (χ3n) is 4.23. The van der Waals surface area contributed by atoms with Gasteiger partial charge in [-0.1, -0.05) is 50.2 Å². The van der Waals surface area contributed by atoms with Gasteiger partial charge in [0, 0.05) is 13.1 Å². The summed E-state index contributed by atoms with van der Waals surface area (Å²) in [6, 6.07) is 4.15. The molecule has 10 heteroatoms. The van der Waals surface area contributed by atoms with E-state index in [2.05, 4.69) is 39.5 Å². The Morgan fingerprint density at radius 1 is 1.33 bits per heavy atom. The minimum Gasteiger partial charge on any atom is -0.369 e. The molecule has 0 aliphatic heterocycles. The number of benzene rings is 1. The van der Waals surface area contributed by atoms with Gasteiger partial charge in [-0.15, -0.1) is 0 Å². The second-order valence-corrected chi connectivity index (χ2v) is 8.66. The summed E-state index contributed by atoms with van der Waals surface area (Å²) >= 11 is 7.50. The molecule has 3 aromatic rings. The summed E-state index contributed by atoms with van der Waals surface area (Å²) in [5, 5.41) is 12.0. The van der Waals surface area contributed by atoms with Crippen LogP contribution in [0.4, 0.5) is 10.2 Å². The zero-order valence-corrected chi connectivity index (χ0v) is 18.6. The van der Waals surface area contributed by atoms with Crippen molar-refractivity contribution in [3.05, 3.63) is 40.8 Å². The van der Waals surface area contributed by atoms with Crippen LogP contribution in [0.1, 0.15) is 31.1 Å². The fourth-order valence-electron chi connectivity index (χ4n) is 2.81. The highest BCUT2D eigenvalue weighted by Crippen LogP contribution is 2.24. The predicted molar refractivity (Wildman–Crippen MR) is 119 cm³/mol. The second-order valence-electron chi connectivity index (χ2n) is 7.02. The van der Waals surface area contributed by atoms with E-state index in [0.717, 1.165) is 23.5 Å². The molecule has 2 aromatic heterocycles. The van der Waals surface area contributed by atoms with Crippen LogP contribution in [0.3, 0.4) is 0 Å². The molecule has 30 heavy (non-hydrogen) atoms. The van der Waals surface area contributed by atoms with Crippen LogP contribution in [0.15, 0.2) is 29.6 Å². The molecule has 0 fully saturated rings. The lowest BCUT2D eigenvalue weighted by Crippen LogP contribution is -2.28. The monoisotopic (exact) mass is 450 g/mol. The van der Waals surface area contributed by atoms with Gasteiger partial charge in [0.1, 0.15) is 11.6 Å². The number of aromatic nitrogens is 4. The molecule has 7 nitrogen and oxygen atoms in total. The van der Waals surface area contributed by atoms with Crippen molar-refractivity contribution in [2.75, 3.05) is 24.2 Å². The Hall–Kier alpha value is -2.39. The van der Waals surface area contributed by atoms with E-state index in [0.29, 0.717) is 23.3 Å². The number of rotatable bonds is 9. The fourth-order valence-corrected chi connectivity index (χ4v) is 3.62. The molecule has 3 rings (SSSR count). The Balaban J connectivity index is 1.76. The Morgan fingerprint density at radius 2 is 2.13 bits per heavy atom. The first-order chi connectivity index (χ1) is 14.4. The van der Waals surface area contributed by atoms with Crippen molar-refractivity contribution in [2.45, 2.75) is 32.5 Å². The normalized spacial score (nSPS) is 11.3. The van der Waals surface area contributed by atoms with Gasteiger partial charge in [0.25, 0.3) is 5.91 Å². The molecule has 0 saturated heterocycles. The Kier molecular flexibility index (Phi) is 7.49. The number of carbonyl (C=O) groups is 1. The van der Waals surface area contributed by atoms with E-state index in [4.69, 9.17) is 11.6 Å². The number of nitrogens with zero attached hydrogens (tertiary/aromatic N) is 4. The van der Waals surface area contributed by atoms with Gasteiger partial charge < -0.3 is 10.6 Å². The topological polar surface area (TPSA) is 84.7 Å². The number of hydrogen-bond donors (Lipinski definition) is 2. The number of thioether (sulfide) groups is 1. The molecule has 2 N–H and O–H groups in total. The van der Waals surface area contributed by atoms with Gasteiger partial charge in [-0.2, -0.15) is 5.10 Å². The Labute approximate surface area is 183 Å². The van der Waals surface area contributed by atoms with Crippen molar-refractivity contribution < 1.29 is 9.18 Å². The summed E-state index contributed by atoms with van der Waals surface area (Å²) in [6.07, 6.45) is 1.72. The molecule has 0 radical (unpaired) electrons. The van der Waals surface area contributed by atoms with E-state index in [1.165, 1.54) is 18.2 Å². The van der Waals surface area contributed by atoms with Crippen LogP contribution in [0, 0.1) is 11.7 Å². The summed E-state index contributed by atoms with van der Waals surface area (Å²) in [7, 11) is 0. The van der Waals surface area contributed by atoms with E-state index in [1.807, 2.05) is 6.92 Å². The summed E-state index contributed by atoms with van der Waals surface area (Å²) < 4.78 is 15.6. The molecule has 2 heterocycles. The van der Waals surface area contributed by atoms with Crippen molar-refractivity contribution in [1.29, 1.82) is 0 Å². The predicted octanol–water partition coefficient (Wildman–Crippen LogP) is 4.23. The van der Waals surface area contributed by atoms with Crippen molar-refractivity contribution >= 4 is 46.1 Å². The maximum Gasteiger partial charge on any atom is 0.255 e. The van der Waals surface area contributed by atoms with Gasteiger partial charge in [-0.3, -0.25) is 4.79 Å². The number of fused-ring (bicyclic) bond motifs is 1. The first kappa shape index (κ1) is 22.3. The highest BCUT2D eigenvalue weighted by atomic mass is 35.5. The maximum absolute atomic E-state index is 13.9. The van der Waals surface area contributed by atoms with Crippen molar-refractivity contribution in [2.24, 2.45) is 5.92 Å². The first-order valence-corrected chi connectivity index (χ1v) is 11.1. The van der Waals surface area contributed by atoms with Crippen LogP contribution in [-0.2, 0) is 6.54 Å². The Bertz CT molecular complexity index is 1020. The lowest BCUT2D eigenvalue weighted by molar-refractivity contribution is 0.0948. The van der Waals surface area contributed by atoms with E-state index in [9.17, 15) is 9.18 Å². The molecule has 160 valence electrons. The van der Waals surface area contributed by atoms with Gasteiger partial charge in [0.05, 0.1) is 28.7 Å². The number of halogens is 2. The van der Waals surface area contributed by atoms with Crippen molar-refractivity contribution in [3.8, 4) is 0 Å². The third kappa shape index (κ3) is 5.20. The molecule has 0 bridgehead atoms. The highest BCUT2D eigenvalue weighted by Gasteiger charge is 2.16. The third-order valence-corrected chi connectivity index (χ3v) is 5.27. The molecule has 0 saturated carbocycles.